The third-order valence-corrected chi connectivity index (χ3v) is 8.62. The highest BCUT2D eigenvalue weighted by atomic mass is 16.6. The first-order valence-corrected chi connectivity index (χ1v) is 18.4. The minimum absolute atomic E-state index is 0.0513. The minimum atomic E-state index is 0.0513. The maximum atomic E-state index is 12.0. The highest BCUT2D eigenvalue weighted by Gasteiger charge is 2.27. The first-order chi connectivity index (χ1) is 25.6. The number of methoxy groups -OCH3 is 1. The summed E-state index contributed by atoms with van der Waals surface area (Å²) in [6.07, 6.45) is 0. The second kappa shape index (κ2) is 25.7. The number of rotatable bonds is 28. The molecular formula is C41H58N2O9. The van der Waals surface area contributed by atoms with Crippen molar-refractivity contribution in [3.63, 3.8) is 0 Å². The first kappa shape index (κ1) is 41.5. The molecule has 4 rings (SSSR count). The fraction of sp³-hybridized carbons (Fsp3) is 0.537. The second-order valence-electron chi connectivity index (χ2n) is 12.5. The van der Waals surface area contributed by atoms with Crippen LogP contribution in [0.5, 0.6) is 5.75 Å². The SMILES string of the molecule is COCCOCCOCCOCCOCCOCCOCCOc1cccc(C(c2ccc(C(C)=O)cc2)N2CCN(Cc3ccccc3)CC2)c1. The van der Waals surface area contributed by atoms with Gasteiger partial charge in [-0.15, -0.1) is 0 Å². The molecule has 1 heterocycles. The van der Waals surface area contributed by atoms with Gasteiger partial charge in [-0.25, -0.2) is 0 Å². The summed E-state index contributed by atoms with van der Waals surface area (Å²) in [5.74, 6) is 0.880. The molecule has 3 aromatic carbocycles. The van der Waals surface area contributed by atoms with E-state index in [-0.39, 0.29) is 11.8 Å². The van der Waals surface area contributed by atoms with Gasteiger partial charge >= 0.3 is 0 Å². The molecule has 0 bridgehead atoms. The van der Waals surface area contributed by atoms with Crippen LogP contribution in [0.4, 0.5) is 0 Å². The maximum absolute atomic E-state index is 12.0. The van der Waals surface area contributed by atoms with Gasteiger partial charge in [0, 0.05) is 45.4 Å². The normalized spacial score (nSPS) is 14.4. The van der Waals surface area contributed by atoms with Crippen molar-refractivity contribution in [3.05, 3.63) is 101 Å². The Labute approximate surface area is 310 Å². The van der Waals surface area contributed by atoms with Gasteiger partial charge in [0.05, 0.1) is 91.9 Å². The predicted molar refractivity (Wildman–Crippen MR) is 200 cm³/mol. The molecule has 52 heavy (non-hydrogen) atoms. The summed E-state index contributed by atoms with van der Waals surface area (Å²) in [5.41, 5.74) is 4.39. The van der Waals surface area contributed by atoms with Gasteiger partial charge in [-0.05, 0) is 35.7 Å². The Balaban J connectivity index is 1.10. The molecule has 11 heteroatoms. The van der Waals surface area contributed by atoms with E-state index >= 15 is 0 Å². The zero-order valence-corrected chi connectivity index (χ0v) is 31.1. The lowest BCUT2D eigenvalue weighted by Crippen LogP contribution is -2.47. The van der Waals surface area contributed by atoms with Crippen LogP contribution < -0.4 is 4.74 Å². The van der Waals surface area contributed by atoms with Crippen LogP contribution in [0.1, 0.15) is 40.0 Å². The van der Waals surface area contributed by atoms with Gasteiger partial charge in [-0.3, -0.25) is 14.6 Å². The van der Waals surface area contributed by atoms with Gasteiger partial charge in [0.25, 0.3) is 0 Å². The van der Waals surface area contributed by atoms with E-state index in [0.29, 0.717) is 92.5 Å². The summed E-state index contributed by atoms with van der Waals surface area (Å²) in [4.78, 5) is 17.0. The van der Waals surface area contributed by atoms with Crippen LogP contribution in [0, 0.1) is 0 Å². The number of Topliss-reactive ketones (excluding diaryl/α,β-unsaturated/α-hetero) is 1. The van der Waals surface area contributed by atoms with E-state index < -0.39 is 0 Å². The van der Waals surface area contributed by atoms with Crippen molar-refractivity contribution in [2.75, 3.05) is 126 Å². The first-order valence-electron chi connectivity index (χ1n) is 18.4. The molecule has 0 spiro atoms. The van der Waals surface area contributed by atoms with E-state index in [1.807, 2.05) is 18.2 Å². The lowest BCUT2D eigenvalue weighted by Gasteiger charge is -2.40. The van der Waals surface area contributed by atoms with Crippen LogP contribution in [0.2, 0.25) is 0 Å². The van der Waals surface area contributed by atoms with E-state index in [1.54, 1.807) is 14.0 Å². The van der Waals surface area contributed by atoms with Crippen molar-refractivity contribution < 1.29 is 42.7 Å². The van der Waals surface area contributed by atoms with Crippen molar-refractivity contribution in [2.24, 2.45) is 0 Å². The van der Waals surface area contributed by atoms with E-state index in [1.165, 1.54) is 5.56 Å². The Bertz CT molecular complexity index is 1350. The van der Waals surface area contributed by atoms with E-state index in [4.69, 9.17) is 37.9 Å². The van der Waals surface area contributed by atoms with Crippen molar-refractivity contribution >= 4 is 5.78 Å². The number of ether oxygens (including phenoxy) is 8. The highest BCUT2D eigenvalue weighted by Crippen LogP contribution is 2.32. The molecule has 286 valence electrons. The Hall–Kier alpha value is -3.23. The molecule has 1 unspecified atom stereocenters. The summed E-state index contributed by atoms with van der Waals surface area (Å²) >= 11 is 0. The Morgan fingerprint density at radius 1 is 0.577 bits per heavy atom. The molecule has 3 aromatic rings. The van der Waals surface area contributed by atoms with Crippen LogP contribution in [-0.2, 0) is 39.7 Å². The average Bonchev–Trinajstić information content (AvgIpc) is 3.17. The minimum Gasteiger partial charge on any atom is -0.491 e. The van der Waals surface area contributed by atoms with E-state index in [0.717, 1.165) is 55.2 Å². The van der Waals surface area contributed by atoms with E-state index in [2.05, 4.69) is 70.5 Å². The molecule has 1 fully saturated rings. The van der Waals surface area contributed by atoms with Gasteiger partial charge in [0.15, 0.2) is 5.78 Å². The van der Waals surface area contributed by atoms with Crippen molar-refractivity contribution in [1.82, 2.24) is 9.80 Å². The van der Waals surface area contributed by atoms with Gasteiger partial charge in [0.2, 0.25) is 0 Å². The largest absolute Gasteiger partial charge is 0.491 e. The number of piperazine rings is 1. The van der Waals surface area contributed by atoms with Gasteiger partial charge in [0.1, 0.15) is 12.4 Å². The number of ketones is 1. The van der Waals surface area contributed by atoms with Crippen LogP contribution >= 0.6 is 0 Å². The predicted octanol–water partition coefficient (Wildman–Crippen LogP) is 4.92. The molecule has 1 atom stereocenters. The molecule has 0 N–H and O–H groups in total. The topological polar surface area (TPSA) is 97.4 Å². The van der Waals surface area contributed by atoms with Gasteiger partial charge < -0.3 is 37.9 Å². The van der Waals surface area contributed by atoms with Crippen LogP contribution in [0.3, 0.4) is 0 Å². The maximum Gasteiger partial charge on any atom is 0.159 e. The molecular weight excluding hydrogens is 664 g/mol. The second-order valence-corrected chi connectivity index (χ2v) is 12.5. The molecule has 0 aliphatic carbocycles. The molecule has 0 saturated carbocycles. The molecule has 1 saturated heterocycles. The van der Waals surface area contributed by atoms with Gasteiger partial charge in [-0.1, -0.05) is 66.7 Å². The lowest BCUT2D eigenvalue weighted by atomic mass is 9.94. The van der Waals surface area contributed by atoms with Crippen LogP contribution in [0.25, 0.3) is 0 Å². The summed E-state index contributed by atoms with van der Waals surface area (Å²) in [6, 6.07) is 27.1. The molecule has 0 amide bonds. The van der Waals surface area contributed by atoms with Crippen LogP contribution in [-0.4, -0.2) is 141 Å². The standard InChI is InChI=1S/C41H58N2O9/c1-35(44)37-11-13-38(14-12-37)41(43-17-15-42(16-18-43)34-36-7-4-3-5-8-36)39-9-6-10-40(33-39)52-32-31-51-30-29-50-28-27-49-26-25-48-24-23-47-22-21-46-20-19-45-2/h3-14,33,41H,15-32,34H2,1-2H3. The number of carbonyl (C=O) groups is 1. The number of hydrogen-bond donors (Lipinski definition) is 0. The van der Waals surface area contributed by atoms with Crippen LogP contribution in [0.15, 0.2) is 78.9 Å². The Morgan fingerprint density at radius 2 is 1.10 bits per heavy atom. The number of carbonyl (C=O) groups excluding carboxylic acids is 1. The molecule has 1 aliphatic heterocycles. The fourth-order valence-corrected chi connectivity index (χ4v) is 5.87. The Kier molecular flexibility index (Phi) is 20.5. The smallest absolute Gasteiger partial charge is 0.159 e. The zero-order chi connectivity index (χ0) is 36.5. The number of hydrogen-bond acceptors (Lipinski definition) is 11. The third kappa shape index (κ3) is 16.2. The quantitative estimate of drug-likeness (QED) is 0.0755. The summed E-state index contributed by atoms with van der Waals surface area (Å²) in [7, 11) is 1.65. The summed E-state index contributed by atoms with van der Waals surface area (Å²) < 4.78 is 44.2. The summed E-state index contributed by atoms with van der Waals surface area (Å²) in [5, 5.41) is 0. The van der Waals surface area contributed by atoms with Crippen molar-refractivity contribution in [2.45, 2.75) is 19.5 Å². The van der Waals surface area contributed by atoms with E-state index in [9.17, 15) is 4.79 Å². The average molecular weight is 723 g/mol. The third-order valence-electron chi connectivity index (χ3n) is 8.62. The highest BCUT2D eigenvalue weighted by molar-refractivity contribution is 5.94. The summed E-state index contributed by atoms with van der Waals surface area (Å²) in [6.45, 7) is 13.6. The zero-order valence-electron chi connectivity index (χ0n) is 31.1. The molecule has 0 radical (unpaired) electrons. The molecule has 1 aliphatic rings. The number of nitrogens with zero attached hydrogens (tertiary/aromatic N) is 2. The number of benzene rings is 3. The molecule has 11 nitrogen and oxygen atoms in total. The monoisotopic (exact) mass is 722 g/mol. The lowest BCUT2D eigenvalue weighted by molar-refractivity contribution is -0.0199. The molecule has 0 aromatic heterocycles. The van der Waals surface area contributed by atoms with Crippen molar-refractivity contribution in [1.29, 1.82) is 0 Å². The van der Waals surface area contributed by atoms with Gasteiger partial charge in [-0.2, -0.15) is 0 Å². The Morgan fingerprint density at radius 3 is 1.62 bits per heavy atom. The van der Waals surface area contributed by atoms with Crippen molar-refractivity contribution in [3.8, 4) is 5.75 Å². The fourth-order valence-electron chi connectivity index (χ4n) is 5.87.